The number of ether oxygens (including phenoxy) is 1. The lowest BCUT2D eigenvalue weighted by Crippen LogP contribution is -2.22. The summed E-state index contributed by atoms with van der Waals surface area (Å²) in [6.07, 6.45) is 0.386. The molecular weight excluding hydrogens is 344 g/mol. The highest BCUT2D eigenvalue weighted by Gasteiger charge is 2.12. The number of aryl methyl sites for hydroxylation is 1. The van der Waals surface area contributed by atoms with Gasteiger partial charge in [0, 0.05) is 0 Å². The second-order valence-corrected chi connectivity index (χ2v) is 6.99. The number of rotatable bonds is 7. The largest absolute Gasteiger partial charge is 0.479 e. The smallest absolute Gasteiger partial charge is 0.344 e. The van der Waals surface area contributed by atoms with Gasteiger partial charge in [-0.25, -0.2) is 9.63 Å². The van der Waals surface area contributed by atoms with Crippen LogP contribution in [0.15, 0.2) is 58.5 Å². The fourth-order valence-corrected chi connectivity index (χ4v) is 2.62. The first-order valence-electron chi connectivity index (χ1n) is 7.39. The van der Waals surface area contributed by atoms with Gasteiger partial charge >= 0.3 is 5.97 Å². The second-order valence-electron chi connectivity index (χ2n) is 5.33. The van der Waals surface area contributed by atoms with Gasteiger partial charge in [-0.3, -0.25) is 0 Å². The average Bonchev–Trinajstić information content (AvgIpc) is 2.56. The fourth-order valence-electron chi connectivity index (χ4n) is 1.83. The van der Waals surface area contributed by atoms with Crippen molar-refractivity contribution >= 4 is 22.2 Å². The monoisotopic (exact) mass is 362 g/mol. The van der Waals surface area contributed by atoms with E-state index in [1.54, 1.807) is 36.4 Å². The molecule has 8 heteroatoms. The highest BCUT2D eigenvalue weighted by atomic mass is 32.2. The summed E-state index contributed by atoms with van der Waals surface area (Å²) < 4.78 is 29.3. The minimum absolute atomic E-state index is 0.127. The number of nitrogens with one attached hydrogen (secondary N) is 1. The van der Waals surface area contributed by atoms with Crippen LogP contribution in [0.4, 0.5) is 0 Å². The van der Waals surface area contributed by atoms with E-state index in [0.29, 0.717) is 11.3 Å². The zero-order chi connectivity index (χ0) is 18.4. The van der Waals surface area contributed by atoms with Crippen molar-refractivity contribution in [3.05, 3.63) is 59.7 Å². The number of nitrogens with zero attached hydrogens (tertiary/aromatic N) is 1. The van der Waals surface area contributed by atoms with Crippen LogP contribution < -0.4 is 9.57 Å². The molecule has 132 valence electrons. The van der Waals surface area contributed by atoms with Crippen LogP contribution >= 0.6 is 0 Å². The van der Waals surface area contributed by atoms with Crippen molar-refractivity contribution in [2.45, 2.75) is 24.8 Å². The van der Waals surface area contributed by atoms with Gasteiger partial charge in [0.05, 0.1) is 11.1 Å². The van der Waals surface area contributed by atoms with Gasteiger partial charge in [-0.15, -0.1) is 0 Å². The number of carboxylic acids is 1. The molecule has 0 amide bonds. The van der Waals surface area contributed by atoms with E-state index in [9.17, 15) is 13.2 Å². The SMILES string of the molecule is Cc1ccc(S(=O)(=O)N/N=C\c2ccc(O[C@@H](C)C(=O)O)cc2)cc1. The molecule has 0 bridgehead atoms. The highest BCUT2D eigenvalue weighted by Crippen LogP contribution is 2.13. The van der Waals surface area contributed by atoms with Crippen molar-refractivity contribution in [3.8, 4) is 5.75 Å². The van der Waals surface area contributed by atoms with Gasteiger partial charge in [0.25, 0.3) is 10.0 Å². The molecule has 0 radical (unpaired) electrons. The number of hydrogen-bond acceptors (Lipinski definition) is 5. The summed E-state index contributed by atoms with van der Waals surface area (Å²) in [6.45, 7) is 3.30. The number of hydrazone groups is 1. The predicted octanol–water partition coefficient (Wildman–Crippen LogP) is 2.16. The van der Waals surface area contributed by atoms with E-state index in [1.165, 1.54) is 25.3 Å². The van der Waals surface area contributed by atoms with Crippen LogP contribution in [-0.4, -0.2) is 31.8 Å². The Hall–Kier alpha value is -2.87. The van der Waals surface area contributed by atoms with Gasteiger partial charge in [-0.1, -0.05) is 17.7 Å². The van der Waals surface area contributed by atoms with Gasteiger partial charge in [0.1, 0.15) is 5.75 Å². The maximum atomic E-state index is 12.1. The Morgan fingerprint density at radius 1 is 1.16 bits per heavy atom. The molecule has 0 aliphatic rings. The Balaban J connectivity index is 1.99. The zero-order valence-corrected chi connectivity index (χ0v) is 14.5. The van der Waals surface area contributed by atoms with E-state index in [1.807, 2.05) is 6.92 Å². The zero-order valence-electron chi connectivity index (χ0n) is 13.7. The summed E-state index contributed by atoms with van der Waals surface area (Å²) in [5, 5.41) is 12.5. The number of carboxylic acid groups (broad SMARTS) is 1. The molecule has 1 atom stereocenters. The maximum Gasteiger partial charge on any atom is 0.344 e. The van der Waals surface area contributed by atoms with E-state index in [0.717, 1.165) is 5.56 Å². The van der Waals surface area contributed by atoms with Crippen molar-refractivity contribution in [1.29, 1.82) is 0 Å². The Kier molecular flexibility index (Phi) is 5.76. The number of aliphatic carboxylic acids is 1. The molecule has 0 heterocycles. The third-order valence-electron chi connectivity index (χ3n) is 3.26. The topological polar surface area (TPSA) is 105 Å². The summed E-state index contributed by atoms with van der Waals surface area (Å²) in [6, 6.07) is 12.8. The minimum atomic E-state index is -3.72. The van der Waals surface area contributed by atoms with Gasteiger partial charge in [-0.2, -0.15) is 13.5 Å². The van der Waals surface area contributed by atoms with E-state index < -0.39 is 22.1 Å². The van der Waals surface area contributed by atoms with Crippen molar-refractivity contribution in [2.75, 3.05) is 0 Å². The summed E-state index contributed by atoms with van der Waals surface area (Å²) in [5.74, 6) is -0.663. The Bertz CT molecular complexity index is 859. The van der Waals surface area contributed by atoms with E-state index in [4.69, 9.17) is 9.84 Å². The van der Waals surface area contributed by atoms with Crippen LogP contribution in [0.3, 0.4) is 0 Å². The first-order chi connectivity index (χ1) is 11.8. The average molecular weight is 362 g/mol. The standard InChI is InChI=1S/C17H18N2O5S/c1-12-3-9-16(10-4-12)25(22,23)19-18-11-14-5-7-15(8-6-14)24-13(2)17(20)21/h3-11,13,19H,1-2H3,(H,20,21)/b18-11-/t13-/m0/s1. The van der Waals surface area contributed by atoms with Crippen LogP contribution in [0.5, 0.6) is 5.75 Å². The molecule has 0 aliphatic heterocycles. The summed E-state index contributed by atoms with van der Waals surface area (Å²) in [5.41, 5.74) is 1.59. The quantitative estimate of drug-likeness (QED) is 0.580. The van der Waals surface area contributed by atoms with Gasteiger partial charge in [0.15, 0.2) is 6.10 Å². The lowest BCUT2D eigenvalue weighted by Gasteiger charge is -2.09. The molecule has 2 N–H and O–H groups in total. The normalized spacial score (nSPS) is 12.7. The molecule has 0 aromatic heterocycles. The molecule has 0 fully saturated rings. The molecule has 2 aromatic rings. The molecule has 2 aromatic carbocycles. The van der Waals surface area contributed by atoms with Crippen LogP contribution in [0, 0.1) is 6.92 Å². The third-order valence-corrected chi connectivity index (χ3v) is 4.50. The lowest BCUT2D eigenvalue weighted by atomic mass is 10.2. The van der Waals surface area contributed by atoms with Crippen LogP contribution in [-0.2, 0) is 14.8 Å². The number of sulfonamides is 1. The second kappa shape index (κ2) is 7.80. The first-order valence-corrected chi connectivity index (χ1v) is 8.87. The van der Waals surface area contributed by atoms with Crippen molar-refractivity contribution < 1.29 is 23.1 Å². The molecule has 0 unspecified atom stereocenters. The molecule has 2 rings (SSSR count). The van der Waals surface area contributed by atoms with Crippen LogP contribution in [0.2, 0.25) is 0 Å². The van der Waals surface area contributed by atoms with Gasteiger partial charge < -0.3 is 9.84 Å². The van der Waals surface area contributed by atoms with Crippen LogP contribution in [0.25, 0.3) is 0 Å². The minimum Gasteiger partial charge on any atom is -0.479 e. The number of benzene rings is 2. The summed E-state index contributed by atoms with van der Waals surface area (Å²) in [7, 11) is -3.72. The molecular formula is C17H18N2O5S. The summed E-state index contributed by atoms with van der Waals surface area (Å²) in [4.78, 5) is 13.0. The van der Waals surface area contributed by atoms with Crippen molar-refractivity contribution in [1.82, 2.24) is 4.83 Å². The first kappa shape index (κ1) is 18.5. The van der Waals surface area contributed by atoms with Crippen molar-refractivity contribution in [2.24, 2.45) is 5.10 Å². The third kappa shape index (κ3) is 5.32. The summed E-state index contributed by atoms with van der Waals surface area (Å²) >= 11 is 0. The molecule has 0 saturated carbocycles. The predicted molar refractivity (Wildman–Crippen MR) is 93.3 cm³/mol. The Labute approximate surface area is 146 Å². The van der Waals surface area contributed by atoms with Gasteiger partial charge in [-0.05, 0) is 55.8 Å². The Morgan fingerprint density at radius 2 is 1.76 bits per heavy atom. The molecule has 0 saturated heterocycles. The lowest BCUT2D eigenvalue weighted by molar-refractivity contribution is -0.144. The van der Waals surface area contributed by atoms with Crippen molar-refractivity contribution in [3.63, 3.8) is 0 Å². The Morgan fingerprint density at radius 3 is 2.32 bits per heavy atom. The maximum absolute atomic E-state index is 12.1. The molecule has 0 spiro atoms. The van der Waals surface area contributed by atoms with E-state index in [-0.39, 0.29) is 4.90 Å². The molecule has 0 aliphatic carbocycles. The van der Waals surface area contributed by atoms with E-state index >= 15 is 0 Å². The van der Waals surface area contributed by atoms with E-state index in [2.05, 4.69) is 9.93 Å². The number of carbonyl (C=O) groups is 1. The fraction of sp³-hybridized carbons (Fsp3) is 0.176. The van der Waals surface area contributed by atoms with Gasteiger partial charge in [0.2, 0.25) is 0 Å². The molecule has 7 nitrogen and oxygen atoms in total. The molecule has 25 heavy (non-hydrogen) atoms. The number of hydrogen-bond donors (Lipinski definition) is 2. The highest BCUT2D eigenvalue weighted by molar-refractivity contribution is 7.89. The van der Waals surface area contributed by atoms with Crippen LogP contribution in [0.1, 0.15) is 18.1 Å².